The third-order valence-electron chi connectivity index (χ3n) is 6.36. The van der Waals surface area contributed by atoms with Crippen LogP contribution in [0.15, 0.2) is 48.7 Å². The summed E-state index contributed by atoms with van der Waals surface area (Å²) in [5, 5.41) is 4.00. The summed E-state index contributed by atoms with van der Waals surface area (Å²) in [4.78, 5) is 50.2. The Labute approximate surface area is 212 Å². The number of aromatic nitrogens is 1. The van der Waals surface area contributed by atoms with Gasteiger partial charge in [-0.05, 0) is 30.5 Å². The number of aryl methyl sites for hydroxylation is 1. The highest BCUT2D eigenvalue weighted by Gasteiger charge is 2.42. The summed E-state index contributed by atoms with van der Waals surface area (Å²) in [6, 6.07) is 12.4. The number of nitrogens with one attached hydrogen (secondary N) is 1. The Morgan fingerprint density at radius 1 is 1.25 bits per heavy atom. The van der Waals surface area contributed by atoms with Crippen LogP contribution in [0, 0.1) is 12.8 Å². The molecule has 3 amide bonds. The van der Waals surface area contributed by atoms with Crippen LogP contribution in [0.1, 0.15) is 43.7 Å². The molecule has 2 heterocycles. The molecule has 194 valence electrons. The fourth-order valence-corrected chi connectivity index (χ4v) is 4.26. The van der Waals surface area contributed by atoms with Crippen molar-refractivity contribution < 1.29 is 24.0 Å². The molecule has 0 spiro atoms. The highest BCUT2D eigenvalue weighted by Crippen LogP contribution is 2.26. The van der Waals surface area contributed by atoms with E-state index in [1.54, 1.807) is 24.3 Å². The zero-order valence-corrected chi connectivity index (χ0v) is 21.3. The first kappa shape index (κ1) is 27.3. The smallest absolute Gasteiger partial charge is 0.248 e. The van der Waals surface area contributed by atoms with Gasteiger partial charge in [0.15, 0.2) is 0 Å². The zero-order chi connectivity index (χ0) is 25.9. The molecule has 9 heteroatoms. The van der Waals surface area contributed by atoms with Gasteiger partial charge in [-0.3, -0.25) is 19.2 Å². The number of anilines is 1. The molecule has 1 N–H and O–H groups in total. The second-order valence-corrected chi connectivity index (χ2v) is 9.11. The molecule has 1 fully saturated rings. The van der Waals surface area contributed by atoms with Gasteiger partial charge >= 0.3 is 0 Å². The van der Waals surface area contributed by atoms with E-state index in [1.165, 1.54) is 5.06 Å². The molecule has 0 unspecified atom stereocenters. The number of nitrogens with zero attached hydrogens (tertiary/aromatic N) is 3. The summed E-state index contributed by atoms with van der Waals surface area (Å²) in [6.07, 6.45) is 4.71. The molecule has 3 rings (SSSR count). The van der Waals surface area contributed by atoms with Crippen LogP contribution in [0.2, 0.25) is 0 Å². The molecule has 36 heavy (non-hydrogen) atoms. The second kappa shape index (κ2) is 13.7. The topological polar surface area (TPSA) is 101 Å². The fraction of sp³-hybridized carbons (Fsp3) is 0.481. The number of amides is 3. The van der Waals surface area contributed by atoms with E-state index in [-0.39, 0.29) is 31.1 Å². The van der Waals surface area contributed by atoms with Gasteiger partial charge in [-0.2, -0.15) is 0 Å². The Kier molecular flexibility index (Phi) is 10.4. The average molecular weight is 497 g/mol. The number of unbranched alkanes of at least 4 members (excludes halogenated alkanes) is 1. The lowest BCUT2D eigenvalue weighted by molar-refractivity contribution is -0.183. The summed E-state index contributed by atoms with van der Waals surface area (Å²) in [7, 11) is 1.58. The van der Waals surface area contributed by atoms with Crippen LogP contribution in [0.25, 0.3) is 0 Å². The van der Waals surface area contributed by atoms with Gasteiger partial charge in [0.1, 0.15) is 18.5 Å². The van der Waals surface area contributed by atoms with E-state index in [0.717, 1.165) is 24.0 Å². The first-order valence-corrected chi connectivity index (χ1v) is 12.4. The number of hydroxylamine groups is 2. The van der Waals surface area contributed by atoms with E-state index in [0.29, 0.717) is 31.6 Å². The highest BCUT2D eigenvalue weighted by atomic mass is 16.7. The monoisotopic (exact) mass is 496 g/mol. The molecule has 1 saturated heterocycles. The van der Waals surface area contributed by atoms with Crippen molar-refractivity contribution in [2.24, 2.45) is 5.92 Å². The van der Waals surface area contributed by atoms with Crippen LogP contribution < -0.4 is 5.32 Å². The predicted octanol–water partition coefficient (Wildman–Crippen LogP) is 3.34. The normalized spacial score (nSPS) is 18.0. The van der Waals surface area contributed by atoms with Crippen molar-refractivity contribution in [1.82, 2.24) is 14.9 Å². The third kappa shape index (κ3) is 7.60. The minimum atomic E-state index is -0.690. The molecular weight excluding hydrogens is 460 g/mol. The SMILES string of the molecule is CCCC[C@H](CN(C=O)OCc1ccccc1)C(=O)N1C[C@H](OC)C[C@H]1C(=O)Nc1ccc(C)cn1. The van der Waals surface area contributed by atoms with E-state index in [4.69, 9.17) is 9.57 Å². The van der Waals surface area contributed by atoms with Crippen LogP contribution >= 0.6 is 0 Å². The first-order chi connectivity index (χ1) is 17.4. The van der Waals surface area contributed by atoms with Crippen molar-refractivity contribution in [1.29, 1.82) is 0 Å². The molecular formula is C27H36N4O5. The van der Waals surface area contributed by atoms with Crippen LogP contribution in [0.4, 0.5) is 5.82 Å². The van der Waals surface area contributed by atoms with Crippen molar-refractivity contribution in [2.75, 3.05) is 25.5 Å². The lowest BCUT2D eigenvalue weighted by Gasteiger charge is -2.30. The number of pyridine rings is 1. The highest BCUT2D eigenvalue weighted by molar-refractivity contribution is 5.97. The lowest BCUT2D eigenvalue weighted by Crippen LogP contribution is -2.48. The quantitative estimate of drug-likeness (QED) is 0.337. The van der Waals surface area contributed by atoms with Crippen LogP contribution in [-0.4, -0.2) is 65.5 Å². The average Bonchev–Trinajstić information content (AvgIpc) is 3.35. The van der Waals surface area contributed by atoms with Crippen molar-refractivity contribution in [3.63, 3.8) is 0 Å². The van der Waals surface area contributed by atoms with E-state index in [9.17, 15) is 14.4 Å². The Hall–Kier alpha value is -3.30. The molecule has 1 aliphatic heterocycles. The number of carbonyl (C=O) groups is 3. The summed E-state index contributed by atoms with van der Waals surface area (Å²) in [6.45, 7) is 4.60. The van der Waals surface area contributed by atoms with Crippen molar-refractivity contribution >= 4 is 24.0 Å². The number of likely N-dealkylation sites (tertiary alicyclic amines) is 1. The van der Waals surface area contributed by atoms with Gasteiger partial charge < -0.3 is 15.0 Å². The number of hydrogen-bond donors (Lipinski definition) is 1. The molecule has 0 radical (unpaired) electrons. The maximum Gasteiger partial charge on any atom is 0.248 e. The molecule has 2 aromatic rings. The Morgan fingerprint density at radius 2 is 2.03 bits per heavy atom. The third-order valence-corrected chi connectivity index (χ3v) is 6.36. The van der Waals surface area contributed by atoms with E-state index >= 15 is 0 Å². The maximum atomic E-state index is 13.7. The van der Waals surface area contributed by atoms with Crippen molar-refractivity contribution in [2.45, 2.75) is 58.3 Å². The fourth-order valence-electron chi connectivity index (χ4n) is 4.26. The molecule has 0 saturated carbocycles. The first-order valence-electron chi connectivity index (χ1n) is 12.4. The number of carbonyl (C=O) groups excluding carboxylic acids is 3. The molecule has 0 aliphatic carbocycles. The van der Waals surface area contributed by atoms with Gasteiger partial charge in [0.05, 0.1) is 18.6 Å². The standard InChI is InChI=1S/C27H36N4O5/c1-4-5-11-22(16-30(19-32)36-18-21-9-7-6-8-10-21)27(34)31-17-23(35-3)14-24(31)26(33)29-25-13-12-20(2)15-28-25/h6-10,12-13,15,19,22-24H,4-5,11,14,16-18H2,1-3H3,(H,28,29,33)/t22-,23-,24+/m1/s1. The summed E-state index contributed by atoms with van der Waals surface area (Å²) in [5.41, 5.74) is 1.91. The number of ether oxygens (including phenoxy) is 1. The minimum absolute atomic E-state index is 0.108. The van der Waals surface area contributed by atoms with Crippen LogP contribution in [0.3, 0.4) is 0 Å². The van der Waals surface area contributed by atoms with Crippen molar-refractivity contribution in [3.05, 3.63) is 59.8 Å². The second-order valence-electron chi connectivity index (χ2n) is 9.11. The Bertz CT molecular complexity index is 985. The molecule has 1 aromatic carbocycles. The van der Waals surface area contributed by atoms with Gasteiger partial charge in [0.2, 0.25) is 18.2 Å². The number of benzene rings is 1. The Balaban J connectivity index is 1.71. The number of methoxy groups -OCH3 is 1. The Morgan fingerprint density at radius 3 is 2.67 bits per heavy atom. The van der Waals surface area contributed by atoms with E-state index in [1.807, 2.05) is 50.2 Å². The summed E-state index contributed by atoms with van der Waals surface area (Å²) >= 11 is 0. The van der Waals surface area contributed by atoms with Crippen LogP contribution in [-0.2, 0) is 30.6 Å². The maximum absolute atomic E-state index is 13.7. The molecule has 3 atom stereocenters. The minimum Gasteiger partial charge on any atom is -0.380 e. The van der Waals surface area contributed by atoms with Gasteiger partial charge in [-0.1, -0.05) is 56.2 Å². The lowest BCUT2D eigenvalue weighted by atomic mass is 9.99. The zero-order valence-electron chi connectivity index (χ0n) is 21.3. The van der Waals surface area contributed by atoms with Gasteiger partial charge in [-0.15, -0.1) is 0 Å². The molecule has 9 nitrogen and oxygen atoms in total. The van der Waals surface area contributed by atoms with Crippen LogP contribution in [0.5, 0.6) is 0 Å². The summed E-state index contributed by atoms with van der Waals surface area (Å²) < 4.78 is 5.51. The number of hydrogen-bond acceptors (Lipinski definition) is 6. The van der Waals surface area contributed by atoms with Gasteiger partial charge in [0.25, 0.3) is 0 Å². The van der Waals surface area contributed by atoms with Crippen molar-refractivity contribution in [3.8, 4) is 0 Å². The van der Waals surface area contributed by atoms with E-state index < -0.39 is 12.0 Å². The molecule has 1 aromatic heterocycles. The molecule has 1 aliphatic rings. The molecule has 0 bridgehead atoms. The number of rotatable bonds is 13. The predicted molar refractivity (Wildman–Crippen MR) is 136 cm³/mol. The summed E-state index contributed by atoms with van der Waals surface area (Å²) in [5.74, 6) is -0.562. The van der Waals surface area contributed by atoms with Gasteiger partial charge in [0, 0.05) is 26.3 Å². The van der Waals surface area contributed by atoms with E-state index in [2.05, 4.69) is 10.3 Å². The van der Waals surface area contributed by atoms with Gasteiger partial charge in [-0.25, -0.2) is 10.0 Å². The largest absolute Gasteiger partial charge is 0.380 e.